The molecule has 6 heteroatoms. The van der Waals surface area contributed by atoms with Gasteiger partial charge in [0, 0.05) is 6.54 Å². The van der Waals surface area contributed by atoms with E-state index in [-0.39, 0.29) is 11.9 Å². The van der Waals surface area contributed by atoms with Crippen molar-refractivity contribution in [2.24, 2.45) is 0 Å². The van der Waals surface area contributed by atoms with Crippen molar-refractivity contribution in [1.29, 1.82) is 0 Å². The Bertz CT molecular complexity index is 615. The molecule has 0 radical (unpaired) electrons. The Morgan fingerprint density at radius 2 is 2.24 bits per heavy atom. The van der Waals surface area contributed by atoms with Gasteiger partial charge in [-0.05, 0) is 41.5 Å². The minimum Gasteiger partial charge on any atom is -0.496 e. The number of halogens is 2. The van der Waals surface area contributed by atoms with Crippen molar-refractivity contribution in [3.63, 3.8) is 0 Å². The minimum atomic E-state index is -0.343. The molecule has 1 heterocycles. The maximum Gasteiger partial charge on any atom is 0.132 e. The van der Waals surface area contributed by atoms with E-state index < -0.39 is 0 Å². The Hall–Kier alpha value is -1.40. The highest BCUT2D eigenvalue weighted by Gasteiger charge is 2.26. The average molecular weight is 356 g/mol. The topological polar surface area (TPSA) is 39.1 Å². The normalized spacial score (nSPS) is 12.4. The fourth-order valence-electron chi connectivity index (χ4n) is 2.44. The van der Waals surface area contributed by atoms with Gasteiger partial charge in [0.25, 0.3) is 0 Å². The third-order valence-electron chi connectivity index (χ3n) is 3.35. The molecule has 1 aromatic carbocycles. The fourth-order valence-corrected chi connectivity index (χ4v) is 2.97. The van der Waals surface area contributed by atoms with Crippen molar-refractivity contribution in [3.05, 3.63) is 45.9 Å². The summed E-state index contributed by atoms with van der Waals surface area (Å²) in [6, 6.07) is 4.50. The molecular formula is C15H19BrFN3O. The lowest BCUT2D eigenvalue weighted by molar-refractivity contribution is 0.395. The lowest BCUT2D eigenvalue weighted by atomic mass is 10.0. The molecule has 0 aliphatic carbocycles. The molecule has 4 nitrogen and oxygen atoms in total. The van der Waals surface area contributed by atoms with Crippen LogP contribution < -0.4 is 10.1 Å². The summed E-state index contributed by atoms with van der Waals surface area (Å²) in [4.78, 5) is 0. The predicted molar refractivity (Wildman–Crippen MR) is 84.1 cm³/mol. The number of aryl methyl sites for hydroxylation is 1. The van der Waals surface area contributed by atoms with E-state index in [2.05, 4.69) is 33.3 Å². The molecular weight excluding hydrogens is 337 g/mol. The van der Waals surface area contributed by atoms with Crippen LogP contribution in [0.2, 0.25) is 0 Å². The van der Waals surface area contributed by atoms with Gasteiger partial charge in [-0.15, -0.1) is 0 Å². The van der Waals surface area contributed by atoms with E-state index in [0.717, 1.165) is 23.1 Å². The van der Waals surface area contributed by atoms with E-state index in [1.807, 2.05) is 4.68 Å². The zero-order valence-corrected chi connectivity index (χ0v) is 13.9. The highest BCUT2D eigenvalue weighted by Crippen LogP contribution is 2.35. The van der Waals surface area contributed by atoms with E-state index in [9.17, 15) is 4.39 Å². The molecule has 0 saturated carbocycles. The predicted octanol–water partition coefficient (Wildman–Crippen LogP) is 3.51. The lowest BCUT2D eigenvalue weighted by Crippen LogP contribution is -2.23. The lowest BCUT2D eigenvalue weighted by Gasteiger charge is -2.21. The van der Waals surface area contributed by atoms with E-state index in [1.165, 1.54) is 6.07 Å². The highest BCUT2D eigenvalue weighted by molar-refractivity contribution is 9.10. The first kappa shape index (κ1) is 16.0. The molecule has 1 atom stereocenters. The van der Waals surface area contributed by atoms with Gasteiger partial charge >= 0.3 is 0 Å². The molecule has 0 amide bonds. The van der Waals surface area contributed by atoms with Crippen molar-refractivity contribution >= 4 is 15.9 Å². The number of rotatable bonds is 6. The van der Waals surface area contributed by atoms with Gasteiger partial charge in [-0.2, -0.15) is 5.10 Å². The van der Waals surface area contributed by atoms with Crippen LogP contribution in [-0.2, 0) is 6.54 Å². The minimum absolute atomic E-state index is 0.301. The second kappa shape index (κ2) is 7.04. The van der Waals surface area contributed by atoms with Gasteiger partial charge in [0.2, 0.25) is 0 Å². The molecule has 0 spiro atoms. The SMILES string of the molecule is CCCn1ncc(Br)c1C(NC)c1c(F)cccc1OC. The fraction of sp³-hybridized carbons (Fsp3) is 0.400. The summed E-state index contributed by atoms with van der Waals surface area (Å²) in [6.45, 7) is 2.85. The van der Waals surface area contributed by atoms with Gasteiger partial charge in [0.15, 0.2) is 0 Å². The third-order valence-corrected chi connectivity index (χ3v) is 3.96. The summed E-state index contributed by atoms with van der Waals surface area (Å²) >= 11 is 3.51. The van der Waals surface area contributed by atoms with Crippen molar-refractivity contribution in [2.45, 2.75) is 25.9 Å². The summed E-state index contributed by atoms with van der Waals surface area (Å²) in [5.41, 5.74) is 1.38. The van der Waals surface area contributed by atoms with Gasteiger partial charge in [0.1, 0.15) is 11.6 Å². The summed E-state index contributed by atoms with van der Waals surface area (Å²) < 4.78 is 22.4. The Labute approximate surface area is 132 Å². The molecule has 114 valence electrons. The summed E-state index contributed by atoms with van der Waals surface area (Å²) in [6.07, 6.45) is 2.69. The zero-order valence-electron chi connectivity index (χ0n) is 12.4. The van der Waals surface area contributed by atoms with Crippen molar-refractivity contribution in [2.75, 3.05) is 14.2 Å². The summed E-state index contributed by atoms with van der Waals surface area (Å²) in [5.74, 6) is 0.218. The van der Waals surface area contributed by atoms with Crippen LogP contribution in [0.5, 0.6) is 5.75 Å². The Morgan fingerprint density at radius 3 is 2.86 bits per heavy atom. The van der Waals surface area contributed by atoms with Gasteiger partial charge in [-0.3, -0.25) is 4.68 Å². The van der Waals surface area contributed by atoms with Gasteiger partial charge < -0.3 is 10.1 Å². The molecule has 1 aromatic heterocycles. The first-order valence-electron chi connectivity index (χ1n) is 6.84. The maximum absolute atomic E-state index is 14.4. The molecule has 0 bridgehead atoms. The third kappa shape index (κ3) is 3.11. The van der Waals surface area contributed by atoms with Crippen molar-refractivity contribution in [3.8, 4) is 5.75 Å². The molecule has 2 rings (SSSR count). The van der Waals surface area contributed by atoms with Crippen LogP contribution >= 0.6 is 15.9 Å². The van der Waals surface area contributed by atoms with Crippen LogP contribution in [0.1, 0.15) is 30.6 Å². The van der Waals surface area contributed by atoms with E-state index in [0.29, 0.717) is 11.3 Å². The van der Waals surface area contributed by atoms with Crippen LogP contribution in [0.25, 0.3) is 0 Å². The van der Waals surface area contributed by atoms with Crippen LogP contribution in [0, 0.1) is 5.82 Å². The van der Waals surface area contributed by atoms with Crippen LogP contribution in [0.4, 0.5) is 4.39 Å². The number of methoxy groups -OCH3 is 1. The van der Waals surface area contributed by atoms with Gasteiger partial charge in [-0.25, -0.2) is 4.39 Å². The van der Waals surface area contributed by atoms with E-state index in [4.69, 9.17) is 4.74 Å². The second-order valence-electron chi connectivity index (χ2n) is 4.68. The quantitative estimate of drug-likeness (QED) is 0.861. The Kier molecular flexibility index (Phi) is 5.36. The number of nitrogens with one attached hydrogen (secondary N) is 1. The number of nitrogens with zero attached hydrogens (tertiary/aromatic N) is 2. The first-order valence-corrected chi connectivity index (χ1v) is 7.64. The highest BCUT2D eigenvalue weighted by atomic mass is 79.9. The standard InChI is InChI=1S/C15H19BrFN3O/c1-4-8-20-15(10(16)9-19-20)14(18-2)13-11(17)6-5-7-12(13)21-3/h5-7,9,14,18H,4,8H2,1-3H3. The van der Waals surface area contributed by atoms with Gasteiger partial charge in [-0.1, -0.05) is 13.0 Å². The molecule has 0 saturated heterocycles. The number of benzene rings is 1. The number of aromatic nitrogens is 2. The van der Waals surface area contributed by atoms with Crippen LogP contribution in [0.15, 0.2) is 28.9 Å². The van der Waals surface area contributed by atoms with Crippen molar-refractivity contribution < 1.29 is 9.13 Å². The summed E-state index contributed by atoms with van der Waals surface area (Å²) in [5, 5.41) is 7.52. The second-order valence-corrected chi connectivity index (χ2v) is 5.53. The molecule has 0 aliphatic rings. The van der Waals surface area contributed by atoms with Crippen LogP contribution in [0.3, 0.4) is 0 Å². The van der Waals surface area contributed by atoms with E-state index in [1.54, 1.807) is 32.5 Å². The molecule has 0 fully saturated rings. The number of hydrogen-bond donors (Lipinski definition) is 1. The molecule has 2 aromatic rings. The smallest absolute Gasteiger partial charge is 0.132 e. The Balaban J connectivity index is 2.58. The molecule has 1 N–H and O–H groups in total. The first-order chi connectivity index (χ1) is 10.1. The monoisotopic (exact) mass is 355 g/mol. The number of ether oxygens (including phenoxy) is 1. The van der Waals surface area contributed by atoms with Crippen molar-refractivity contribution in [1.82, 2.24) is 15.1 Å². The molecule has 0 aliphatic heterocycles. The van der Waals surface area contributed by atoms with Gasteiger partial charge in [0.05, 0.1) is 35.1 Å². The maximum atomic E-state index is 14.4. The van der Waals surface area contributed by atoms with E-state index >= 15 is 0 Å². The largest absolute Gasteiger partial charge is 0.496 e. The summed E-state index contributed by atoms with van der Waals surface area (Å²) in [7, 11) is 3.34. The molecule has 1 unspecified atom stereocenters. The zero-order chi connectivity index (χ0) is 15.4. The average Bonchev–Trinajstić information content (AvgIpc) is 2.83. The number of hydrogen-bond acceptors (Lipinski definition) is 3. The molecule has 21 heavy (non-hydrogen) atoms. The van der Waals surface area contributed by atoms with Crippen LogP contribution in [-0.4, -0.2) is 23.9 Å². The Morgan fingerprint density at radius 1 is 1.48 bits per heavy atom.